The molecule has 0 spiro atoms. The zero-order valence-corrected chi connectivity index (χ0v) is 20.3. The van der Waals surface area contributed by atoms with Crippen molar-refractivity contribution in [3.05, 3.63) is 48.5 Å². The van der Waals surface area contributed by atoms with Crippen LogP contribution in [0.5, 0.6) is 11.5 Å². The first-order chi connectivity index (χ1) is 15.8. The van der Waals surface area contributed by atoms with Crippen LogP contribution in [-0.4, -0.2) is 26.3 Å². The Kier molecular flexibility index (Phi) is 13.9. The van der Waals surface area contributed by atoms with Crippen LogP contribution in [0, 0.1) is 0 Å². The second-order valence-electron chi connectivity index (χ2n) is 8.43. The predicted molar refractivity (Wildman–Crippen MR) is 138 cm³/mol. The molecule has 0 atom stereocenters. The number of anilines is 2. The van der Waals surface area contributed by atoms with Gasteiger partial charge in [-0.1, -0.05) is 77.3 Å². The maximum atomic E-state index is 5.91. The second-order valence-corrected chi connectivity index (χ2v) is 8.43. The highest BCUT2D eigenvalue weighted by atomic mass is 16.5. The topological polar surface area (TPSA) is 42.5 Å². The molecule has 0 radical (unpaired) electrons. The summed E-state index contributed by atoms with van der Waals surface area (Å²) < 4.78 is 11.8. The van der Waals surface area contributed by atoms with E-state index in [1.165, 1.54) is 51.4 Å². The lowest BCUT2D eigenvalue weighted by molar-refractivity contribution is 0.304. The van der Waals surface area contributed by atoms with Crippen LogP contribution >= 0.6 is 0 Å². The molecule has 0 saturated carbocycles. The fourth-order valence-corrected chi connectivity index (χ4v) is 3.60. The van der Waals surface area contributed by atoms with Crippen LogP contribution in [0.25, 0.3) is 0 Å². The summed E-state index contributed by atoms with van der Waals surface area (Å²) in [5.41, 5.74) is 2.19. The molecule has 0 amide bonds. The summed E-state index contributed by atoms with van der Waals surface area (Å²) in [5, 5.41) is 6.95. The monoisotopic (exact) mass is 440 g/mol. The van der Waals surface area contributed by atoms with Crippen LogP contribution in [0.15, 0.2) is 48.5 Å². The minimum atomic E-state index is 0.797. The molecule has 0 heterocycles. The summed E-state index contributed by atoms with van der Waals surface area (Å²) in [5.74, 6) is 1.89. The molecule has 0 aliphatic heterocycles. The van der Waals surface area contributed by atoms with E-state index in [2.05, 4.69) is 48.7 Å². The van der Waals surface area contributed by atoms with Gasteiger partial charge in [0.05, 0.1) is 13.2 Å². The molecule has 0 aromatic heterocycles. The number of hydrogen-bond donors (Lipinski definition) is 2. The average molecular weight is 441 g/mol. The van der Waals surface area contributed by atoms with Gasteiger partial charge in [-0.25, -0.2) is 0 Å². The van der Waals surface area contributed by atoms with E-state index in [4.69, 9.17) is 9.47 Å². The van der Waals surface area contributed by atoms with Gasteiger partial charge in [-0.2, -0.15) is 0 Å². The molecule has 4 nitrogen and oxygen atoms in total. The molecule has 0 aliphatic carbocycles. The van der Waals surface area contributed by atoms with Gasteiger partial charge in [0.25, 0.3) is 0 Å². The quantitative estimate of drug-likeness (QED) is 0.218. The molecule has 2 aromatic rings. The van der Waals surface area contributed by atoms with Crippen molar-refractivity contribution in [1.29, 1.82) is 0 Å². The zero-order valence-electron chi connectivity index (χ0n) is 20.3. The fraction of sp³-hybridized carbons (Fsp3) is 0.571. The molecule has 0 fully saturated rings. The molecule has 0 unspecified atom stereocenters. The Morgan fingerprint density at radius 1 is 0.562 bits per heavy atom. The fourth-order valence-electron chi connectivity index (χ4n) is 3.60. The molecule has 32 heavy (non-hydrogen) atoms. The average Bonchev–Trinajstić information content (AvgIpc) is 2.82. The number of nitrogens with one attached hydrogen (secondary N) is 2. The Bertz CT molecular complexity index is 659. The van der Waals surface area contributed by atoms with Gasteiger partial charge in [-0.05, 0) is 37.1 Å². The number of ether oxygens (including phenoxy) is 2. The summed E-state index contributed by atoms with van der Waals surface area (Å²) in [6, 6.07) is 16.5. The Balaban J connectivity index is 1.61. The third kappa shape index (κ3) is 11.9. The van der Waals surface area contributed by atoms with E-state index in [-0.39, 0.29) is 0 Å². The minimum absolute atomic E-state index is 0.797. The molecule has 178 valence electrons. The van der Waals surface area contributed by atoms with E-state index < -0.39 is 0 Å². The highest BCUT2D eigenvalue weighted by Crippen LogP contribution is 2.19. The number of rotatable bonds is 19. The van der Waals surface area contributed by atoms with Gasteiger partial charge in [0.1, 0.15) is 11.5 Å². The molecule has 2 aromatic carbocycles. The maximum absolute atomic E-state index is 5.91. The largest absolute Gasteiger partial charge is 0.494 e. The van der Waals surface area contributed by atoms with Crippen LogP contribution in [0.2, 0.25) is 0 Å². The molecular weight excluding hydrogens is 396 g/mol. The first kappa shape index (κ1) is 25.9. The van der Waals surface area contributed by atoms with Gasteiger partial charge in [0, 0.05) is 36.6 Å². The Hall–Kier alpha value is -2.36. The Morgan fingerprint density at radius 2 is 1.00 bits per heavy atom. The first-order valence-electron chi connectivity index (χ1n) is 12.7. The standard InChI is InChI=1S/C28H44N2O2/c1-3-5-7-9-11-21-31-27-17-13-15-25(23-27)29-19-20-30-26-16-14-18-28(24-26)32-22-12-10-8-6-4-2/h13-18,23-24,29-30H,3-12,19-22H2,1-2H3. The van der Waals surface area contributed by atoms with Crippen LogP contribution < -0.4 is 20.1 Å². The van der Waals surface area contributed by atoms with Crippen LogP contribution in [0.4, 0.5) is 11.4 Å². The van der Waals surface area contributed by atoms with Crippen molar-refractivity contribution in [2.24, 2.45) is 0 Å². The summed E-state index contributed by atoms with van der Waals surface area (Å²) >= 11 is 0. The maximum Gasteiger partial charge on any atom is 0.121 e. The third-order valence-corrected chi connectivity index (χ3v) is 5.48. The van der Waals surface area contributed by atoms with E-state index in [0.29, 0.717) is 0 Å². The molecular formula is C28H44N2O2. The Morgan fingerprint density at radius 3 is 1.44 bits per heavy atom. The van der Waals surface area contributed by atoms with Crippen molar-refractivity contribution in [1.82, 2.24) is 0 Å². The van der Waals surface area contributed by atoms with E-state index in [0.717, 1.165) is 62.0 Å². The lowest BCUT2D eigenvalue weighted by Crippen LogP contribution is -2.13. The van der Waals surface area contributed by atoms with Gasteiger partial charge in [-0.15, -0.1) is 0 Å². The third-order valence-electron chi connectivity index (χ3n) is 5.48. The molecule has 0 aliphatic rings. The normalized spacial score (nSPS) is 10.7. The van der Waals surface area contributed by atoms with E-state index in [9.17, 15) is 0 Å². The van der Waals surface area contributed by atoms with Crippen molar-refractivity contribution < 1.29 is 9.47 Å². The molecule has 4 heteroatoms. The van der Waals surface area contributed by atoms with Crippen LogP contribution in [0.1, 0.15) is 78.1 Å². The smallest absolute Gasteiger partial charge is 0.121 e. The van der Waals surface area contributed by atoms with E-state index >= 15 is 0 Å². The SMILES string of the molecule is CCCCCCCOc1cccc(NCCNc2cccc(OCCCCCCC)c2)c1. The highest BCUT2D eigenvalue weighted by molar-refractivity contribution is 5.50. The van der Waals surface area contributed by atoms with Crippen molar-refractivity contribution >= 4 is 11.4 Å². The number of benzene rings is 2. The minimum Gasteiger partial charge on any atom is -0.494 e. The van der Waals surface area contributed by atoms with Crippen molar-refractivity contribution in [3.63, 3.8) is 0 Å². The van der Waals surface area contributed by atoms with Crippen molar-refractivity contribution in [2.45, 2.75) is 78.1 Å². The van der Waals surface area contributed by atoms with Crippen LogP contribution in [-0.2, 0) is 0 Å². The summed E-state index contributed by atoms with van der Waals surface area (Å²) in [6.45, 7) is 7.75. The van der Waals surface area contributed by atoms with Gasteiger partial charge in [0.2, 0.25) is 0 Å². The van der Waals surface area contributed by atoms with Gasteiger partial charge in [0.15, 0.2) is 0 Å². The predicted octanol–water partition coefficient (Wildman–Crippen LogP) is 7.91. The molecule has 0 bridgehead atoms. The number of unbranched alkanes of at least 4 members (excludes halogenated alkanes) is 8. The van der Waals surface area contributed by atoms with Gasteiger partial charge >= 0.3 is 0 Å². The Labute approximate surface area is 196 Å². The van der Waals surface area contributed by atoms with Crippen molar-refractivity contribution in [3.8, 4) is 11.5 Å². The van der Waals surface area contributed by atoms with E-state index in [1.807, 2.05) is 24.3 Å². The summed E-state index contributed by atoms with van der Waals surface area (Å²) in [4.78, 5) is 0. The van der Waals surface area contributed by atoms with E-state index in [1.54, 1.807) is 0 Å². The lowest BCUT2D eigenvalue weighted by Gasteiger charge is -2.12. The van der Waals surface area contributed by atoms with Crippen molar-refractivity contribution in [2.75, 3.05) is 36.9 Å². The summed E-state index contributed by atoms with van der Waals surface area (Å²) in [7, 11) is 0. The second kappa shape index (κ2) is 17.2. The molecule has 0 saturated heterocycles. The zero-order chi connectivity index (χ0) is 22.7. The molecule has 2 rings (SSSR count). The van der Waals surface area contributed by atoms with Gasteiger partial charge in [-0.3, -0.25) is 0 Å². The number of hydrogen-bond acceptors (Lipinski definition) is 4. The lowest BCUT2D eigenvalue weighted by atomic mass is 10.2. The molecule has 2 N–H and O–H groups in total. The van der Waals surface area contributed by atoms with Gasteiger partial charge < -0.3 is 20.1 Å². The highest BCUT2D eigenvalue weighted by Gasteiger charge is 2.00. The summed E-state index contributed by atoms with van der Waals surface area (Å²) in [6.07, 6.45) is 12.6. The van der Waals surface area contributed by atoms with Crippen LogP contribution in [0.3, 0.4) is 0 Å². The first-order valence-corrected chi connectivity index (χ1v) is 12.7.